The lowest BCUT2D eigenvalue weighted by Crippen LogP contribution is -2.42. The van der Waals surface area contributed by atoms with Crippen molar-refractivity contribution in [1.29, 1.82) is 0 Å². The first-order valence-electron chi connectivity index (χ1n) is 6.79. The van der Waals surface area contributed by atoms with Gasteiger partial charge >= 0.3 is 0 Å². The Balaban J connectivity index is 1.71. The van der Waals surface area contributed by atoms with Crippen LogP contribution in [-0.2, 0) is 4.74 Å². The van der Waals surface area contributed by atoms with E-state index in [1.807, 2.05) is 0 Å². The third-order valence-corrected chi connectivity index (χ3v) is 3.78. The van der Waals surface area contributed by atoms with Gasteiger partial charge in [-0.05, 0) is 13.0 Å². The molecule has 1 aliphatic heterocycles. The first-order valence-corrected chi connectivity index (χ1v) is 6.79. The molecule has 3 rings (SSSR count). The number of halogens is 1. The van der Waals surface area contributed by atoms with Crippen molar-refractivity contribution in [1.82, 2.24) is 25.1 Å². The number of fused-ring (bicyclic) bond motifs is 1. The molecular formula is C13H18FN5O. The van der Waals surface area contributed by atoms with Gasteiger partial charge in [0.25, 0.3) is 0 Å². The fourth-order valence-corrected chi connectivity index (χ4v) is 2.61. The van der Waals surface area contributed by atoms with E-state index in [9.17, 15) is 4.39 Å². The van der Waals surface area contributed by atoms with Crippen molar-refractivity contribution in [3.8, 4) is 0 Å². The van der Waals surface area contributed by atoms with E-state index in [0.29, 0.717) is 24.6 Å². The van der Waals surface area contributed by atoms with E-state index in [1.54, 1.807) is 19.5 Å². The summed E-state index contributed by atoms with van der Waals surface area (Å²) in [5.74, 6) is 0.335. The van der Waals surface area contributed by atoms with E-state index < -0.39 is 6.17 Å². The zero-order chi connectivity index (χ0) is 13.9. The molecule has 3 heterocycles. The SMILES string of the molecule is COCCN1CC[C@H](c2ncc3cn[nH]c3n2)[C@H](F)C1. The molecule has 7 heteroatoms. The molecule has 0 amide bonds. The summed E-state index contributed by atoms with van der Waals surface area (Å²) in [6.07, 6.45) is 3.15. The molecule has 0 spiro atoms. The minimum atomic E-state index is -0.944. The Bertz CT molecular complexity index is 575. The van der Waals surface area contributed by atoms with Crippen LogP contribution in [0.5, 0.6) is 0 Å². The van der Waals surface area contributed by atoms with Gasteiger partial charge in [0.1, 0.15) is 12.0 Å². The van der Waals surface area contributed by atoms with Crippen LogP contribution >= 0.6 is 0 Å². The standard InChI is InChI=1S/C13H18FN5O/c1-20-5-4-19-3-2-10(11(14)8-19)13-15-6-9-7-16-18-12(9)17-13/h6-7,10-11H,2-5,8H2,1H3,(H,15,16,17,18)/t10-,11+/m0/s1. The number of ether oxygens (including phenoxy) is 1. The van der Waals surface area contributed by atoms with E-state index >= 15 is 0 Å². The molecule has 6 nitrogen and oxygen atoms in total. The predicted molar refractivity (Wildman–Crippen MR) is 72.3 cm³/mol. The number of aromatic amines is 1. The van der Waals surface area contributed by atoms with E-state index in [1.165, 1.54) is 0 Å². The molecule has 1 saturated heterocycles. The number of hydrogen-bond acceptors (Lipinski definition) is 5. The number of methoxy groups -OCH3 is 1. The molecule has 2 atom stereocenters. The summed E-state index contributed by atoms with van der Waals surface area (Å²) >= 11 is 0. The molecular weight excluding hydrogens is 261 g/mol. The Kier molecular flexibility index (Phi) is 3.88. The zero-order valence-electron chi connectivity index (χ0n) is 11.4. The Morgan fingerprint density at radius 2 is 2.40 bits per heavy atom. The summed E-state index contributed by atoms with van der Waals surface area (Å²) in [4.78, 5) is 10.8. The van der Waals surface area contributed by atoms with Gasteiger partial charge in [-0.15, -0.1) is 0 Å². The lowest BCUT2D eigenvalue weighted by Gasteiger charge is -2.33. The largest absolute Gasteiger partial charge is 0.383 e. The second kappa shape index (κ2) is 5.80. The average Bonchev–Trinajstić information content (AvgIpc) is 2.92. The number of hydrogen-bond donors (Lipinski definition) is 1. The van der Waals surface area contributed by atoms with Gasteiger partial charge < -0.3 is 4.74 Å². The molecule has 0 bridgehead atoms. The van der Waals surface area contributed by atoms with E-state index in [-0.39, 0.29) is 5.92 Å². The fraction of sp³-hybridized carbons (Fsp3) is 0.615. The Hall–Kier alpha value is -1.60. The van der Waals surface area contributed by atoms with Crippen LogP contribution in [0.1, 0.15) is 18.2 Å². The minimum absolute atomic E-state index is 0.235. The lowest BCUT2D eigenvalue weighted by molar-refractivity contribution is 0.0844. The molecule has 2 aromatic heterocycles. The number of alkyl halides is 1. The van der Waals surface area contributed by atoms with Gasteiger partial charge in [-0.1, -0.05) is 0 Å². The average molecular weight is 279 g/mol. The summed E-state index contributed by atoms with van der Waals surface area (Å²) in [6.45, 7) is 2.66. The van der Waals surface area contributed by atoms with E-state index in [4.69, 9.17) is 4.74 Å². The topological polar surface area (TPSA) is 66.9 Å². The summed E-state index contributed by atoms with van der Waals surface area (Å²) in [6, 6.07) is 0. The molecule has 0 saturated carbocycles. The fourth-order valence-electron chi connectivity index (χ4n) is 2.61. The van der Waals surface area contributed by atoms with Crippen LogP contribution < -0.4 is 0 Å². The Morgan fingerprint density at radius 1 is 1.50 bits per heavy atom. The van der Waals surface area contributed by atoms with Crippen LogP contribution in [0.4, 0.5) is 4.39 Å². The van der Waals surface area contributed by atoms with Gasteiger partial charge in [0.05, 0.1) is 24.1 Å². The molecule has 0 radical (unpaired) electrons. The highest BCUT2D eigenvalue weighted by atomic mass is 19.1. The van der Waals surface area contributed by atoms with Gasteiger partial charge in [0.2, 0.25) is 0 Å². The van der Waals surface area contributed by atoms with Crippen molar-refractivity contribution >= 4 is 11.0 Å². The number of piperidine rings is 1. The number of aromatic nitrogens is 4. The first kappa shape index (κ1) is 13.4. The smallest absolute Gasteiger partial charge is 0.158 e. The lowest BCUT2D eigenvalue weighted by atomic mass is 9.94. The number of rotatable bonds is 4. The monoisotopic (exact) mass is 279 g/mol. The maximum absolute atomic E-state index is 14.3. The van der Waals surface area contributed by atoms with Crippen molar-refractivity contribution in [2.24, 2.45) is 0 Å². The molecule has 20 heavy (non-hydrogen) atoms. The van der Waals surface area contributed by atoms with Crippen molar-refractivity contribution < 1.29 is 9.13 Å². The Labute approximate surface area is 116 Å². The highest BCUT2D eigenvalue weighted by Crippen LogP contribution is 2.28. The van der Waals surface area contributed by atoms with Gasteiger partial charge in [-0.2, -0.15) is 5.10 Å². The maximum Gasteiger partial charge on any atom is 0.158 e. The van der Waals surface area contributed by atoms with Crippen LogP contribution in [0.25, 0.3) is 11.0 Å². The molecule has 108 valence electrons. The number of nitrogens with one attached hydrogen (secondary N) is 1. The van der Waals surface area contributed by atoms with Gasteiger partial charge in [-0.25, -0.2) is 14.4 Å². The molecule has 0 aliphatic carbocycles. The van der Waals surface area contributed by atoms with Crippen LogP contribution in [0.15, 0.2) is 12.4 Å². The van der Waals surface area contributed by atoms with Gasteiger partial charge in [-0.3, -0.25) is 10.00 Å². The van der Waals surface area contributed by atoms with Crippen molar-refractivity contribution in [2.75, 3.05) is 33.4 Å². The molecule has 0 unspecified atom stereocenters. The van der Waals surface area contributed by atoms with Crippen LogP contribution in [0, 0.1) is 0 Å². The van der Waals surface area contributed by atoms with Crippen LogP contribution in [-0.4, -0.2) is 64.6 Å². The summed E-state index contributed by atoms with van der Waals surface area (Å²) in [5.41, 5.74) is 0.670. The third-order valence-electron chi connectivity index (χ3n) is 3.78. The molecule has 1 aliphatic rings. The highest BCUT2D eigenvalue weighted by Gasteiger charge is 2.32. The van der Waals surface area contributed by atoms with E-state index in [2.05, 4.69) is 25.1 Å². The number of H-pyrrole nitrogens is 1. The highest BCUT2D eigenvalue weighted by molar-refractivity contribution is 5.72. The second-order valence-corrected chi connectivity index (χ2v) is 5.11. The minimum Gasteiger partial charge on any atom is -0.383 e. The summed E-state index contributed by atoms with van der Waals surface area (Å²) < 4.78 is 19.4. The van der Waals surface area contributed by atoms with E-state index in [0.717, 1.165) is 24.9 Å². The van der Waals surface area contributed by atoms with Gasteiger partial charge in [0, 0.05) is 26.4 Å². The summed E-state index contributed by atoms with van der Waals surface area (Å²) in [5, 5.41) is 7.56. The normalized spacial score (nSPS) is 24.3. The van der Waals surface area contributed by atoms with Crippen LogP contribution in [0.3, 0.4) is 0 Å². The molecule has 1 N–H and O–H groups in total. The van der Waals surface area contributed by atoms with Crippen LogP contribution in [0.2, 0.25) is 0 Å². The predicted octanol–water partition coefficient (Wildman–Crippen LogP) is 1.13. The van der Waals surface area contributed by atoms with Gasteiger partial charge in [0.15, 0.2) is 5.65 Å². The quantitative estimate of drug-likeness (QED) is 0.908. The first-order chi connectivity index (χ1) is 9.78. The molecule has 2 aromatic rings. The summed E-state index contributed by atoms with van der Waals surface area (Å²) in [7, 11) is 1.66. The number of likely N-dealkylation sites (tertiary alicyclic amines) is 1. The van der Waals surface area contributed by atoms with Crippen molar-refractivity contribution in [3.63, 3.8) is 0 Å². The van der Waals surface area contributed by atoms with Crippen molar-refractivity contribution in [2.45, 2.75) is 18.5 Å². The second-order valence-electron chi connectivity index (χ2n) is 5.11. The molecule has 0 aromatic carbocycles. The Morgan fingerprint density at radius 3 is 3.20 bits per heavy atom. The molecule has 1 fully saturated rings. The van der Waals surface area contributed by atoms with Crippen molar-refractivity contribution in [3.05, 3.63) is 18.2 Å². The third kappa shape index (κ3) is 2.64. The maximum atomic E-state index is 14.3. The zero-order valence-corrected chi connectivity index (χ0v) is 11.4. The number of nitrogens with zero attached hydrogens (tertiary/aromatic N) is 4.